The van der Waals surface area contributed by atoms with E-state index in [1.807, 2.05) is 19.1 Å². The van der Waals surface area contributed by atoms with Gasteiger partial charge in [0.15, 0.2) is 0 Å². The summed E-state index contributed by atoms with van der Waals surface area (Å²) in [5.74, 6) is 0.845. The van der Waals surface area contributed by atoms with Crippen LogP contribution in [-0.4, -0.2) is 11.0 Å². The van der Waals surface area contributed by atoms with Gasteiger partial charge in [0.25, 0.3) is 0 Å². The van der Waals surface area contributed by atoms with Gasteiger partial charge in [-0.3, -0.25) is 4.98 Å². The van der Waals surface area contributed by atoms with E-state index in [1.165, 1.54) is 11.1 Å². The minimum Gasteiger partial charge on any atom is -0.487 e. The maximum atomic E-state index is 5.78. The smallest absolute Gasteiger partial charge is 0.141 e. The van der Waals surface area contributed by atoms with Crippen LogP contribution >= 0.6 is 0 Å². The molecule has 3 nitrogen and oxygen atoms in total. The van der Waals surface area contributed by atoms with Crippen LogP contribution in [0.5, 0.6) is 5.75 Å². The first-order chi connectivity index (χ1) is 9.65. The lowest BCUT2D eigenvalue weighted by Gasteiger charge is -2.10. The number of nitrogens with zero attached hydrogens (tertiary/aromatic N) is 1. The molecule has 0 aliphatic heterocycles. The van der Waals surface area contributed by atoms with Crippen LogP contribution in [-0.2, 0) is 13.2 Å². The molecule has 0 amide bonds. The lowest BCUT2D eigenvalue weighted by molar-refractivity contribution is 0.302. The van der Waals surface area contributed by atoms with Crippen LogP contribution in [0, 0.1) is 6.92 Å². The van der Waals surface area contributed by atoms with Crippen molar-refractivity contribution >= 4 is 0 Å². The minimum atomic E-state index is 0.506. The van der Waals surface area contributed by atoms with Crippen molar-refractivity contribution in [2.45, 2.75) is 40.0 Å². The predicted molar refractivity (Wildman–Crippen MR) is 81.7 cm³/mol. The number of nitrogens with one attached hydrogen (secondary N) is 1. The molecule has 106 valence electrons. The Kier molecular flexibility index (Phi) is 5.13. The molecule has 1 heterocycles. The van der Waals surface area contributed by atoms with E-state index in [4.69, 9.17) is 4.74 Å². The third-order valence-electron chi connectivity index (χ3n) is 3.09. The number of benzene rings is 1. The second-order valence-corrected chi connectivity index (χ2v) is 5.23. The molecule has 0 atom stereocenters. The summed E-state index contributed by atoms with van der Waals surface area (Å²) < 4.78 is 5.78. The monoisotopic (exact) mass is 270 g/mol. The third kappa shape index (κ3) is 4.35. The lowest BCUT2D eigenvalue weighted by atomic mass is 10.1. The Bertz CT molecular complexity index is 535. The van der Waals surface area contributed by atoms with Crippen LogP contribution in [0.4, 0.5) is 0 Å². The minimum absolute atomic E-state index is 0.506. The Morgan fingerprint density at radius 3 is 2.45 bits per heavy atom. The van der Waals surface area contributed by atoms with Crippen LogP contribution in [0.1, 0.15) is 30.7 Å². The van der Waals surface area contributed by atoms with E-state index in [1.54, 1.807) is 6.20 Å². The van der Waals surface area contributed by atoms with Crippen LogP contribution in [0.3, 0.4) is 0 Å². The van der Waals surface area contributed by atoms with Crippen molar-refractivity contribution in [3.8, 4) is 5.75 Å². The van der Waals surface area contributed by atoms with Crippen molar-refractivity contribution < 1.29 is 4.74 Å². The van der Waals surface area contributed by atoms with Gasteiger partial charge in [0, 0.05) is 18.8 Å². The molecule has 0 saturated carbocycles. The number of pyridine rings is 1. The van der Waals surface area contributed by atoms with E-state index in [-0.39, 0.29) is 0 Å². The van der Waals surface area contributed by atoms with Gasteiger partial charge in [-0.05, 0) is 30.2 Å². The van der Waals surface area contributed by atoms with E-state index < -0.39 is 0 Å². The second-order valence-electron chi connectivity index (χ2n) is 5.23. The largest absolute Gasteiger partial charge is 0.487 e. The highest BCUT2D eigenvalue weighted by molar-refractivity contribution is 5.27. The molecule has 0 spiro atoms. The molecule has 0 aliphatic rings. The van der Waals surface area contributed by atoms with Gasteiger partial charge in [0.05, 0.1) is 5.69 Å². The maximum absolute atomic E-state index is 5.78. The van der Waals surface area contributed by atoms with E-state index in [9.17, 15) is 0 Å². The molecule has 0 radical (unpaired) electrons. The summed E-state index contributed by atoms with van der Waals surface area (Å²) in [5, 5.41) is 3.41. The average Bonchev–Trinajstić information content (AvgIpc) is 2.45. The first-order valence-electron chi connectivity index (χ1n) is 7.01. The maximum Gasteiger partial charge on any atom is 0.141 e. The summed E-state index contributed by atoms with van der Waals surface area (Å²) in [6.07, 6.45) is 1.78. The van der Waals surface area contributed by atoms with Gasteiger partial charge in [-0.25, -0.2) is 0 Å². The molecule has 0 saturated heterocycles. The van der Waals surface area contributed by atoms with Gasteiger partial charge < -0.3 is 10.1 Å². The van der Waals surface area contributed by atoms with Crippen molar-refractivity contribution in [2.75, 3.05) is 0 Å². The molecule has 0 unspecified atom stereocenters. The van der Waals surface area contributed by atoms with Gasteiger partial charge in [0.1, 0.15) is 12.4 Å². The topological polar surface area (TPSA) is 34.1 Å². The molecule has 0 bridgehead atoms. The lowest BCUT2D eigenvalue weighted by Crippen LogP contribution is -2.21. The van der Waals surface area contributed by atoms with E-state index in [2.05, 4.69) is 48.4 Å². The van der Waals surface area contributed by atoms with Gasteiger partial charge in [-0.1, -0.05) is 38.1 Å². The fraction of sp³-hybridized carbons (Fsp3) is 0.353. The first-order valence-corrected chi connectivity index (χ1v) is 7.01. The van der Waals surface area contributed by atoms with Crippen LogP contribution < -0.4 is 10.1 Å². The molecule has 1 aromatic heterocycles. The summed E-state index contributed by atoms with van der Waals surface area (Å²) in [6, 6.07) is 12.9. The van der Waals surface area contributed by atoms with Gasteiger partial charge in [-0.2, -0.15) is 0 Å². The summed E-state index contributed by atoms with van der Waals surface area (Å²) in [7, 11) is 0. The van der Waals surface area contributed by atoms with Crippen molar-refractivity contribution in [2.24, 2.45) is 0 Å². The molecular weight excluding hydrogens is 248 g/mol. The number of aromatic nitrogens is 1. The van der Waals surface area contributed by atoms with Crippen molar-refractivity contribution in [1.29, 1.82) is 0 Å². The Labute approximate surface area is 121 Å². The number of hydrogen-bond donors (Lipinski definition) is 1. The van der Waals surface area contributed by atoms with Crippen molar-refractivity contribution in [1.82, 2.24) is 10.3 Å². The highest BCUT2D eigenvalue weighted by Crippen LogP contribution is 2.16. The molecule has 20 heavy (non-hydrogen) atoms. The van der Waals surface area contributed by atoms with Crippen LogP contribution in [0.2, 0.25) is 0 Å². The highest BCUT2D eigenvalue weighted by atomic mass is 16.5. The van der Waals surface area contributed by atoms with Crippen LogP contribution in [0.15, 0.2) is 42.6 Å². The van der Waals surface area contributed by atoms with E-state index in [0.29, 0.717) is 12.6 Å². The Morgan fingerprint density at radius 2 is 1.80 bits per heavy atom. The van der Waals surface area contributed by atoms with Crippen molar-refractivity contribution in [3.05, 3.63) is 59.4 Å². The molecule has 2 aromatic rings. The van der Waals surface area contributed by atoms with E-state index in [0.717, 1.165) is 18.0 Å². The quantitative estimate of drug-likeness (QED) is 0.872. The fourth-order valence-corrected chi connectivity index (χ4v) is 1.86. The summed E-state index contributed by atoms with van der Waals surface area (Å²) in [6.45, 7) is 7.73. The molecule has 2 rings (SSSR count). The van der Waals surface area contributed by atoms with Crippen LogP contribution in [0.25, 0.3) is 0 Å². The number of aryl methyl sites for hydroxylation is 1. The Morgan fingerprint density at radius 1 is 1.10 bits per heavy atom. The first kappa shape index (κ1) is 14.5. The molecular formula is C17H22N2O. The Hall–Kier alpha value is -1.87. The van der Waals surface area contributed by atoms with E-state index >= 15 is 0 Å². The zero-order valence-corrected chi connectivity index (χ0v) is 12.4. The zero-order chi connectivity index (χ0) is 14.4. The Balaban J connectivity index is 1.89. The van der Waals surface area contributed by atoms with Gasteiger partial charge >= 0.3 is 0 Å². The summed E-state index contributed by atoms with van der Waals surface area (Å²) >= 11 is 0. The normalized spacial score (nSPS) is 10.8. The number of hydrogen-bond acceptors (Lipinski definition) is 3. The number of ether oxygens (including phenoxy) is 1. The number of rotatable bonds is 6. The highest BCUT2D eigenvalue weighted by Gasteiger charge is 2.01. The molecule has 1 N–H and O–H groups in total. The molecule has 0 aliphatic carbocycles. The standard InChI is InChI=1S/C17H22N2O/c1-13(2)19-11-15-6-8-16(9-7-15)12-20-17-5-4-10-18-14(17)3/h4-10,13,19H,11-12H2,1-3H3. The van der Waals surface area contributed by atoms with Crippen molar-refractivity contribution in [3.63, 3.8) is 0 Å². The molecule has 3 heteroatoms. The SMILES string of the molecule is Cc1ncccc1OCc1ccc(CNC(C)C)cc1. The zero-order valence-electron chi connectivity index (χ0n) is 12.4. The summed E-state index contributed by atoms with van der Waals surface area (Å²) in [4.78, 5) is 4.21. The van der Waals surface area contributed by atoms with Gasteiger partial charge in [-0.15, -0.1) is 0 Å². The predicted octanol–water partition coefficient (Wildman–Crippen LogP) is 3.47. The fourth-order valence-electron chi connectivity index (χ4n) is 1.86. The molecule has 1 aromatic carbocycles. The average molecular weight is 270 g/mol. The second kappa shape index (κ2) is 7.06. The summed E-state index contributed by atoms with van der Waals surface area (Å²) in [5.41, 5.74) is 3.38. The van der Waals surface area contributed by atoms with Gasteiger partial charge in [0.2, 0.25) is 0 Å². The molecule has 0 fully saturated rings. The third-order valence-corrected chi connectivity index (χ3v) is 3.09.